The van der Waals surface area contributed by atoms with Crippen LogP contribution in [0.2, 0.25) is 0 Å². The van der Waals surface area contributed by atoms with Gasteiger partial charge in [0.05, 0.1) is 16.7 Å². The average molecular weight is 482 g/mol. The third kappa shape index (κ3) is 3.74. The van der Waals surface area contributed by atoms with Crippen LogP contribution in [0.25, 0.3) is 55.8 Å². The molecule has 7 nitrogen and oxygen atoms in total. The molecule has 0 bridgehead atoms. The van der Waals surface area contributed by atoms with Crippen LogP contribution >= 0.6 is 0 Å². The second-order valence-electron chi connectivity index (χ2n) is 8.83. The van der Waals surface area contributed by atoms with E-state index in [0.717, 1.165) is 5.69 Å². The van der Waals surface area contributed by atoms with E-state index in [0.29, 0.717) is 55.8 Å². The van der Waals surface area contributed by atoms with Crippen LogP contribution in [0.15, 0.2) is 67.1 Å². The van der Waals surface area contributed by atoms with E-state index in [1.165, 1.54) is 12.1 Å². The number of nitrogens with zero attached hydrogens (tertiary/aromatic N) is 4. The van der Waals surface area contributed by atoms with Crippen molar-refractivity contribution >= 4 is 27.6 Å². The van der Waals surface area contributed by atoms with E-state index in [1.807, 2.05) is 19.9 Å². The molecule has 178 valence electrons. The molecule has 0 amide bonds. The van der Waals surface area contributed by atoms with E-state index in [9.17, 15) is 4.39 Å². The van der Waals surface area contributed by atoms with Gasteiger partial charge in [-0.2, -0.15) is 5.10 Å². The first-order chi connectivity index (χ1) is 17.5. The number of nitrogens with one attached hydrogen (secondary N) is 3. The first-order valence-electron chi connectivity index (χ1n) is 11.5. The smallest absolute Gasteiger partial charge is 0.159 e. The van der Waals surface area contributed by atoms with Crippen molar-refractivity contribution in [2.45, 2.75) is 19.9 Å². The number of hydrogen-bond acceptors (Lipinski definition) is 5. The van der Waals surface area contributed by atoms with Crippen molar-refractivity contribution in [2.24, 2.45) is 0 Å². The van der Waals surface area contributed by atoms with Gasteiger partial charge in [-0.05, 0) is 44.2 Å². The molecule has 0 aliphatic carbocycles. The van der Waals surface area contributed by atoms with Gasteiger partial charge in [0.1, 0.15) is 28.5 Å². The van der Waals surface area contributed by atoms with Gasteiger partial charge < -0.3 is 10.3 Å². The molecule has 36 heavy (non-hydrogen) atoms. The molecule has 6 aromatic rings. The summed E-state index contributed by atoms with van der Waals surface area (Å²) in [5.41, 5.74) is 4.90. The van der Waals surface area contributed by atoms with Gasteiger partial charge in [0, 0.05) is 52.8 Å². The Labute approximate surface area is 204 Å². The van der Waals surface area contributed by atoms with Crippen molar-refractivity contribution in [3.63, 3.8) is 0 Å². The lowest BCUT2D eigenvalue weighted by Gasteiger charge is -2.11. The lowest BCUT2D eigenvalue weighted by Crippen LogP contribution is -2.09. The number of anilines is 1. The molecule has 0 radical (unpaired) electrons. The number of hydrogen-bond donors (Lipinski definition) is 3. The van der Waals surface area contributed by atoms with Crippen LogP contribution in [-0.2, 0) is 0 Å². The minimum absolute atomic E-state index is 0.215. The Kier molecular flexibility index (Phi) is 5.18. The molecule has 4 heterocycles. The van der Waals surface area contributed by atoms with E-state index in [-0.39, 0.29) is 11.9 Å². The molecule has 4 aromatic heterocycles. The summed E-state index contributed by atoms with van der Waals surface area (Å²) >= 11 is 0. The molecule has 0 spiro atoms. The quantitative estimate of drug-likeness (QED) is 0.268. The molecular formula is C27H21F2N7. The van der Waals surface area contributed by atoms with Crippen molar-refractivity contribution in [3.05, 3.63) is 78.8 Å². The number of aromatic amines is 2. The van der Waals surface area contributed by atoms with Gasteiger partial charge in [-0.1, -0.05) is 12.1 Å². The molecule has 0 saturated heterocycles. The predicted molar refractivity (Wildman–Crippen MR) is 136 cm³/mol. The van der Waals surface area contributed by atoms with Crippen molar-refractivity contribution in [2.75, 3.05) is 5.32 Å². The molecule has 0 aliphatic rings. The van der Waals surface area contributed by atoms with Crippen LogP contribution in [0.1, 0.15) is 13.8 Å². The Morgan fingerprint density at radius 3 is 2.58 bits per heavy atom. The molecule has 0 aliphatic heterocycles. The number of pyridine rings is 2. The largest absolute Gasteiger partial charge is 0.382 e. The maximum atomic E-state index is 15.1. The van der Waals surface area contributed by atoms with Gasteiger partial charge >= 0.3 is 0 Å². The summed E-state index contributed by atoms with van der Waals surface area (Å²) in [6.07, 6.45) is 4.94. The Hall–Kier alpha value is -4.66. The zero-order valence-corrected chi connectivity index (χ0v) is 19.5. The second kappa shape index (κ2) is 8.53. The summed E-state index contributed by atoms with van der Waals surface area (Å²) in [6.45, 7) is 4.05. The summed E-state index contributed by atoms with van der Waals surface area (Å²) in [7, 11) is 0. The number of benzene rings is 2. The monoisotopic (exact) mass is 481 g/mol. The SMILES string of the molecule is CC(C)Nc1cncc(-c2cc3c(-c4nc5c(-c6ccccc6F)nccc5[nH]4)n[nH]c3cc2F)c1. The third-order valence-corrected chi connectivity index (χ3v) is 5.91. The summed E-state index contributed by atoms with van der Waals surface area (Å²) < 4.78 is 29.6. The minimum atomic E-state index is -0.392. The molecule has 9 heteroatoms. The van der Waals surface area contributed by atoms with Gasteiger partial charge in [-0.15, -0.1) is 0 Å². The zero-order valence-electron chi connectivity index (χ0n) is 19.5. The second-order valence-corrected chi connectivity index (χ2v) is 8.83. The van der Waals surface area contributed by atoms with Crippen LogP contribution in [0.4, 0.5) is 14.5 Å². The Balaban J connectivity index is 1.48. The van der Waals surface area contributed by atoms with Crippen molar-refractivity contribution < 1.29 is 8.78 Å². The number of H-pyrrole nitrogens is 2. The van der Waals surface area contributed by atoms with Crippen LogP contribution < -0.4 is 5.32 Å². The van der Waals surface area contributed by atoms with E-state index >= 15 is 4.39 Å². The Morgan fingerprint density at radius 2 is 1.75 bits per heavy atom. The van der Waals surface area contributed by atoms with E-state index in [2.05, 4.69) is 30.5 Å². The summed E-state index contributed by atoms with van der Waals surface area (Å²) in [4.78, 5) is 16.6. The average Bonchev–Trinajstić information content (AvgIpc) is 3.47. The molecule has 2 aromatic carbocycles. The Bertz CT molecular complexity index is 1740. The summed E-state index contributed by atoms with van der Waals surface area (Å²) in [5.74, 6) is -0.306. The standard InChI is InChI=1S/C27H21F2N7/c1-14(2)32-16-9-15(12-30-13-16)18-10-19-23(11-21(18)29)35-36-25(19)27-33-22-7-8-31-24(26(22)34-27)17-5-3-4-6-20(17)28/h3-14,32H,1-2H3,(H,33,34)(H,35,36). The minimum Gasteiger partial charge on any atom is -0.382 e. The lowest BCUT2D eigenvalue weighted by atomic mass is 10.0. The molecule has 3 N–H and O–H groups in total. The predicted octanol–water partition coefficient (Wildman–Crippen LogP) is 6.33. The molecular weight excluding hydrogens is 460 g/mol. The van der Waals surface area contributed by atoms with Crippen molar-refractivity contribution in [3.8, 4) is 33.9 Å². The topological polar surface area (TPSA) is 95.2 Å². The van der Waals surface area contributed by atoms with Crippen LogP contribution in [0, 0.1) is 11.6 Å². The fourth-order valence-corrected chi connectivity index (χ4v) is 4.34. The zero-order chi connectivity index (χ0) is 24.8. The highest BCUT2D eigenvalue weighted by molar-refractivity contribution is 5.97. The molecule has 0 atom stereocenters. The Morgan fingerprint density at radius 1 is 0.889 bits per heavy atom. The maximum Gasteiger partial charge on any atom is 0.159 e. The van der Waals surface area contributed by atoms with Gasteiger partial charge in [0.15, 0.2) is 5.82 Å². The van der Waals surface area contributed by atoms with Gasteiger partial charge in [0.25, 0.3) is 0 Å². The first kappa shape index (κ1) is 21.8. The fraction of sp³-hybridized carbons (Fsp3) is 0.111. The van der Waals surface area contributed by atoms with E-state index < -0.39 is 5.82 Å². The van der Waals surface area contributed by atoms with Crippen LogP contribution in [0.3, 0.4) is 0 Å². The first-order valence-corrected chi connectivity index (χ1v) is 11.5. The van der Waals surface area contributed by atoms with E-state index in [4.69, 9.17) is 4.98 Å². The molecule has 0 saturated carbocycles. The number of imidazole rings is 1. The normalized spacial score (nSPS) is 11.6. The maximum absolute atomic E-state index is 15.1. The van der Waals surface area contributed by atoms with Gasteiger partial charge in [-0.25, -0.2) is 13.8 Å². The van der Waals surface area contributed by atoms with Crippen molar-refractivity contribution in [1.29, 1.82) is 0 Å². The number of rotatable bonds is 5. The number of halogens is 2. The molecule has 0 unspecified atom stereocenters. The highest BCUT2D eigenvalue weighted by atomic mass is 19.1. The lowest BCUT2D eigenvalue weighted by molar-refractivity contribution is 0.631. The van der Waals surface area contributed by atoms with Gasteiger partial charge in [0.2, 0.25) is 0 Å². The number of aromatic nitrogens is 6. The van der Waals surface area contributed by atoms with E-state index in [1.54, 1.807) is 48.9 Å². The number of fused-ring (bicyclic) bond motifs is 2. The molecule has 6 rings (SSSR count). The van der Waals surface area contributed by atoms with Crippen LogP contribution in [-0.4, -0.2) is 36.2 Å². The summed E-state index contributed by atoms with van der Waals surface area (Å²) in [5, 5.41) is 11.3. The molecule has 0 fully saturated rings. The van der Waals surface area contributed by atoms with Crippen LogP contribution in [0.5, 0.6) is 0 Å². The third-order valence-electron chi connectivity index (χ3n) is 5.91. The van der Waals surface area contributed by atoms with Crippen molar-refractivity contribution in [1.82, 2.24) is 30.1 Å². The van der Waals surface area contributed by atoms with Gasteiger partial charge in [-0.3, -0.25) is 15.1 Å². The fourth-order valence-electron chi connectivity index (χ4n) is 4.34. The highest BCUT2D eigenvalue weighted by Crippen LogP contribution is 2.34. The summed E-state index contributed by atoms with van der Waals surface area (Å²) in [6, 6.07) is 13.4. The highest BCUT2D eigenvalue weighted by Gasteiger charge is 2.19.